The van der Waals surface area contributed by atoms with Crippen molar-refractivity contribution < 1.29 is 4.39 Å². The number of aromatic nitrogens is 3. The second kappa shape index (κ2) is 7.56. The molecule has 1 aliphatic rings. The van der Waals surface area contributed by atoms with Crippen molar-refractivity contribution in [3.63, 3.8) is 0 Å². The number of anilines is 1. The molecule has 7 heteroatoms. The van der Waals surface area contributed by atoms with Gasteiger partial charge in [-0.15, -0.1) is 0 Å². The summed E-state index contributed by atoms with van der Waals surface area (Å²) < 4.78 is 19.1. The van der Waals surface area contributed by atoms with Crippen LogP contribution in [0, 0.1) is 12.7 Å². The maximum absolute atomic E-state index is 14.3. The van der Waals surface area contributed by atoms with E-state index in [0.29, 0.717) is 22.2 Å². The predicted molar refractivity (Wildman–Crippen MR) is 136 cm³/mol. The highest BCUT2D eigenvalue weighted by Crippen LogP contribution is 2.45. The Kier molecular flexibility index (Phi) is 4.57. The van der Waals surface area contributed by atoms with Crippen LogP contribution in [0.15, 0.2) is 82.4 Å². The third-order valence-corrected chi connectivity index (χ3v) is 6.80. The van der Waals surface area contributed by atoms with Crippen molar-refractivity contribution in [3.8, 4) is 16.9 Å². The Bertz CT molecular complexity index is 1780. The smallest absolute Gasteiger partial charge is 0.331 e. The highest BCUT2D eigenvalue weighted by atomic mass is 19.1. The number of para-hydroxylation sites is 2. The van der Waals surface area contributed by atoms with Gasteiger partial charge in [-0.05, 0) is 48.4 Å². The summed E-state index contributed by atoms with van der Waals surface area (Å²) in [5.41, 5.74) is 5.52. The summed E-state index contributed by atoms with van der Waals surface area (Å²) in [7, 11) is 3.17. The van der Waals surface area contributed by atoms with Gasteiger partial charge in [0.2, 0.25) is 0 Å². The molecular formula is C28H23FN4O2. The average molecular weight is 467 g/mol. The van der Waals surface area contributed by atoms with Gasteiger partial charge in [0.15, 0.2) is 0 Å². The Balaban J connectivity index is 1.88. The van der Waals surface area contributed by atoms with Crippen molar-refractivity contribution in [1.82, 2.24) is 13.7 Å². The highest BCUT2D eigenvalue weighted by molar-refractivity contribution is 5.99. The molecule has 6 rings (SSSR count). The van der Waals surface area contributed by atoms with Gasteiger partial charge in [-0.1, -0.05) is 48.0 Å². The lowest BCUT2D eigenvalue weighted by atomic mass is 9.99. The van der Waals surface area contributed by atoms with E-state index >= 15 is 0 Å². The van der Waals surface area contributed by atoms with Gasteiger partial charge in [-0.2, -0.15) is 0 Å². The quantitative estimate of drug-likeness (QED) is 0.412. The number of halogens is 1. The molecule has 0 amide bonds. The van der Waals surface area contributed by atoms with Crippen LogP contribution in [0.4, 0.5) is 10.1 Å². The molecule has 0 aliphatic carbocycles. The number of benzene rings is 3. The first-order valence-electron chi connectivity index (χ1n) is 11.4. The van der Waals surface area contributed by atoms with E-state index in [4.69, 9.17) is 0 Å². The maximum atomic E-state index is 14.3. The zero-order valence-corrected chi connectivity index (χ0v) is 19.5. The summed E-state index contributed by atoms with van der Waals surface area (Å²) in [6.45, 7) is 2.00. The van der Waals surface area contributed by atoms with Gasteiger partial charge in [0.25, 0.3) is 5.56 Å². The Hall–Kier alpha value is -4.39. The molecule has 0 bridgehead atoms. The van der Waals surface area contributed by atoms with Gasteiger partial charge in [0.1, 0.15) is 5.82 Å². The minimum atomic E-state index is -0.487. The van der Waals surface area contributed by atoms with E-state index < -0.39 is 11.7 Å². The minimum Gasteiger partial charge on any atom is -0.371 e. The summed E-state index contributed by atoms with van der Waals surface area (Å²) in [5, 5.41) is 3.99. The number of nitrogens with zero attached hydrogens (tertiary/aromatic N) is 3. The van der Waals surface area contributed by atoms with Crippen LogP contribution in [0.1, 0.15) is 22.9 Å². The molecule has 3 heterocycles. The van der Waals surface area contributed by atoms with Gasteiger partial charge in [0, 0.05) is 14.1 Å². The molecule has 0 saturated heterocycles. The lowest BCUT2D eigenvalue weighted by molar-refractivity contribution is 0.623. The number of rotatable bonds is 2. The van der Waals surface area contributed by atoms with E-state index in [-0.39, 0.29) is 11.4 Å². The van der Waals surface area contributed by atoms with Gasteiger partial charge < -0.3 is 9.88 Å². The van der Waals surface area contributed by atoms with Crippen molar-refractivity contribution in [2.24, 2.45) is 14.1 Å². The van der Waals surface area contributed by atoms with Crippen molar-refractivity contribution in [2.75, 3.05) is 5.32 Å². The molecule has 35 heavy (non-hydrogen) atoms. The molecule has 1 aliphatic heterocycles. The van der Waals surface area contributed by atoms with Gasteiger partial charge >= 0.3 is 5.69 Å². The molecule has 1 N–H and O–H groups in total. The van der Waals surface area contributed by atoms with E-state index in [1.165, 1.54) is 23.7 Å². The number of aryl methyl sites for hydroxylation is 2. The lowest BCUT2D eigenvalue weighted by Gasteiger charge is -2.31. The van der Waals surface area contributed by atoms with Crippen LogP contribution in [-0.2, 0) is 14.1 Å². The molecular weight excluding hydrogens is 443 g/mol. The van der Waals surface area contributed by atoms with Gasteiger partial charge in [0.05, 0.1) is 39.7 Å². The summed E-state index contributed by atoms with van der Waals surface area (Å²) in [6, 6.07) is 21.7. The fraction of sp³-hybridized carbons (Fsp3) is 0.143. The standard InChI is InChI=1S/C28H23FN4O2/c1-16-8-6-10-18(14-16)24-22-25(31(2)28(35)32(3)27(22)34)26-23(17-9-7-11-19(29)15-17)30-20-12-4-5-13-21(20)33(24)26/h4-15,23,30H,1-3H3/t23-/m1/s1. The number of fused-ring (bicyclic) bond motifs is 5. The number of hydrogen-bond acceptors (Lipinski definition) is 3. The van der Waals surface area contributed by atoms with Crippen LogP contribution in [0.2, 0.25) is 0 Å². The zero-order valence-electron chi connectivity index (χ0n) is 19.5. The summed E-state index contributed by atoms with van der Waals surface area (Å²) in [6.07, 6.45) is 0. The summed E-state index contributed by atoms with van der Waals surface area (Å²) in [4.78, 5) is 26.7. The van der Waals surface area contributed by atoms with Crippen molar-refractivity contribution in [2.45, 2.75) is 13.0 Å². The largest absolute Gasteiger partial charge is 0.371 e. The molecule has 5 aromatic rings. The number of hydrogen-bond donors (Lipinski definition) is 1. The van der Waals surface area contributed by atoms with E-state index in [1.807, 2.05) is 61.5 Å². The van der Waals surface area contributed by atoms with E-state index in [1.54, 1.807) is 13.1 Å². The van der Waals surface area contributed by atoms with E-state index in [0.717, 1.165) is 32.8 Å². The molecule has 0 unspecified atom stereocenters. The van der Waals surface area contributed by atoms with Gasteiger partial charge in [-0.25, -0.2) is 9.18 Å². The molecule has 0 radical (unpaired) electrons. The van der Waals surface area contributed by atoms with Crippen LogP contribution < -0.4 is 16.6 Å². The van der Waals surface area contributed by atoms with Crippen molar-refractivity contribution in [3.05, 3.63) is 116 Å². The normalized spacial score (nSPS) is 14.5. The third kappa shape index (κ3) is 3.01. The second-order valence-electron chi connectivity index (χ2n) is 9.02. The van der Waals surface area contributed by atoms with Crippen LogP contribution >= 0.6 is 0 Å². The third-order valence-electron chi connectivity index (χ3n) is 6.80. The Morgan fingerprint density at radius 3 is 2.43 bits per heavy atom. The SMILES string of the molecule is Cc1cccc(-c2c3c(=O)n(C)c(=O)n(C)c3c3n2-c2ccccc2N[C@@H]3c2cccc(F)c2)c1. The minimum absolute atomic E-state index is 0.353. The molecule has 0 spiro atoms. The Morgan fingerprint density at radius 2 is 1.66 bits per heavy atom. The number of nitrogens with one attached hydrogen (secondary N) is 1. The maximum Gasteiger partial charge on any atom is 0.331 e. The van der Waals surface area contributed by atoms with Crippen LogP contribution in [-0.4, -0.2) is 13.7 Å². The molecule has 6 nitrogen and oxygen atoms in total. The molecule has 3 aromatic carbocycles. The van der Waals surface area contributed by atoms with Crippen molar-refractivity contribution in [1.29, 1.82) is 0 Å². The molecule has 1 atom stereocenters. The first kappa shape index (κ1) is 21.2. The predicted octanol–water partition coefficient (Wildman–Crippen LogP) is 4.66. The Labute approximate surface area is 200 Å². The fourth-order valence-electron chi connectivity index (χ4n) is 5.22. The Morgan fingerprint density at radius 1 is 0.886 bits per heavy atom. The topological polar surface area (TPSA) is 61.0 Å². The first-order chi connectivity index (χ1) is 16.9. The van der Waals surface area contributed by atoms with Gasteiger partial charge in [-0.3, -0.25) is 13.9 Å². The fourth-order valence-corrected chi connectivity index (χ4v) is 5.22. The van der Waals surface area contributed by atoms with Crippen LogP contribution in [0.25, 0.3) is 27.8 Å². The zero-order chi connectivity index (χ0) is 24.4. The van der Waals surface area contributed by atoms with Crippen LogP contribution in [0.3, 0.4) is 0 Å². The molecule has 0 fully saturated rings. The molecule has 174 valence electrons. The summed E-state index contributed by atoms with van der Waals surface area (Å²) >= 11 is 0. The highest BCUT2D eigenvalue weighted by Gasteiger charge is 2.34. The van der Waals surface area contributed by atoms with Crippen molar-refractivity contribution >= 4 is 16.6 Å². The second-order valence-corrected chi connectivity index (χ2v) is 9.02. The monoisotopic (exact) mass is 466 g/mol. The van der Waals surface area contributed by atoms with E-state index in [9.17, 15) is 14.0 Å². The molecule has 2 aromatic heterocycles. The summed E-state index contributed by atoms with van der Waals surface area (Å²) in [5.74, 6) is -0.353. The lowest BCUT2D eigenvalue weighted by Crippen LogP contribution is -2.37. The van der Waals surface area contributed by atoms with Crippen LogP contribution in [0.5, 0.6) is 0 Å². The average Bonchev–Trinajstić information content (AvgIpc) is 3.22. The van der Waals surface area contributed by atoms with E-state index in [2.05, 4.69) is 9.88 Å². The molecule has 0 saturated carbocycles. The first-order valence-corrected chi connectivity index (χ1v) is 11.4.